The fourth-order valence-corrected chi connectivity index (χ4v) is 1.98. The van der Waals surface area contributed by atoms with Gasteiger partial charge in [-0.25, -0.2) is 0 Å². The van der Waals surface area contributed by atoms with E-state index in [9.17, 15) is 0 Å². The Kier molecular flexibility index (Phi) is 6.69. The van der Waals surface area contributed by atoms with Crippen LogP contribution < -0.4 is 10.6 Å². The smallest absolute Gasteiger partial charge is 0.0164 e. The first-order chi connectivity index (χ1) is 7.33. The summed E-state index contributed by atoms with van der Waals surface area (Å²) in [6.45, 7) is 7.88. The van der Waals surface area contributed by atoms with Crippen LogP contribution >= 0.6 is 0 Å². The highest BCUT2D eigenvalue weighted by molar-refractivity contribution is 4.90. The lowest BCUT2D eigenvalue weighted by molar-refractivity contribution is 0.402. The maximum atomic E-state index is 3.61. The fourth-order valence-electron chi connectivity index (χ4n) is 1.98. The van der Waals surface area contributed by atoms with Crippen molar-refractivity contribution in [3.63, 3.8) is 0 Å². The Morgan fingerprint density at radius 3 is 2.93 bits per heavy atom. The molecular formula is C13H26N2. The van der Waals surface area contributed by atoms with Gasteiger partial charge in [0.1, 0.15) is 0 Å². The zero-order valence-corrected chi connectivity index (χ0v) is 10.3. The van der Waals surface area contributed by atoms with Gasteiger partial charge < -0.3 is 10.6 Å². The van der Waals surface area contributed by atoms with Gasteiger partial charge in [-0.15, -0.1) is 0 Å². The Bertz CT molecular complexity index is 177. The highest BCUT2D eigenvalue weighted by Crippen LogP contribution is 2.16. The molecule has 0 aliphatic heterocycles. The van der Waals surface area contributed by atoms with Crippen LogP contribution in [0.25, 0.3) is 0 Å². The topological polar surface area (TPSA) is 24.1 Å². The molecule has 0 fully saturated rings. The van der Waals surface area contributed by atoms with Crippen LogP contribution in [0.15, 0.2) is 12.2 Å². The van der Waals surface area contributed by atoms with Gasteiger partial charge in [0, 0.05) is 12.6 Å². The minimum absolute atomic E-state index is 0.599. The normalized spacial score (nSPS) is 22.9. The minimum atomic E-state index is 0.599. The summed E-state index contributed by atoms with van der Waals surface area (Å²) >= 11 is 0. The molecule has 1 aliphatic carbocycles. The van der Waals surface area contributed by atoms with Crippen molar-refractivity contribution in [3.05, 3.63) is 12.2 Å². The van der Waals surface area contributed by atoms with E-state index in [4.69, 9.17) is 0 Å². The van der Waals surface area contributed by atoms with E-state index < -0.39 is 0 Å². The first-order valence-electron chi connectivity index (χ1n) is 6.42. The van der Waals surface area contributed by atoms with Gasteiger partial charge in [-0.3, -0.25) is 0 Å². The molecule has 88 valence electrons. The van der Waals surface area contributed by atoms with Crippen molar-refractivity contribution in [1.82, 2.24) is 10.6 Å². The summed E-state index contributed by atoms with van der Waals surface area (Å²) in [5.41, 5.74) is 0. The average Bonchev–Trinajstić information content (AvgIpc) is 2.28. The van der Waals surface area contributed by atoms with Gasteiger partial charge in [0.15, 0.2) is 0 Å². The van der Waals surface area contributed by atoms with Crippen molar-refractivity contribution < 1.29 is 0 Å². The Morgan fingerprint density at radius 2 is 2.27 bits per heavy atom. The highest BCUT2D eigenvalue weighted by Gasteiger charge is 2.10. The third kappa shape index (κ3) is 5.95. The van der Waals surface area contributed by atoms with Crippen molar-refractivity contribution in [2.75, 3.05) is 19.6 Å². The van der Waals surface area contributed by atoms with Crippen molar-refractivity contribution >= 4 is 0 Å². The van der Waals surface area contributed by atoms with Crippen LogP contribution in [0.3, 0.4) is 0 Å². The molecule has 1 aliphatic rings. The van der Waals surface area contributed by atoms with E-state index in [2.05, 4.69) is 36.6 Å². The predicted octanol–water partition coefficient (Wildman–Crippen LogP) is 2.32. The molecule has 2 unspecified atom stereocenters. The van der Waals surface area contributed by atoms with Gasteiger partial charge in [0.25, 0.3) is 0 Å². The van der Waals surface area contributed by atoms with Gasteiger partial charge >= 0.3 is 0 Å². The summed E-state index contributed by atoms with van der Waals surface area (Å²) < 4.78 is 0. The highest BCUT2D eigenvalue weighted by atomic mass is 15.0. The quantitative estimate of drug-likeness (QED) is 0.498. The van der Waals surface area contributed by atoms with Crippen LogP contribution in [-0.2, 0) is 0 Å². The molecule has 0 saturated carbocycles. The number of allylic oxidation sites excluding steroid dienone is 2. The summed E-state index contributed by atoms with van der Waals surface area (Å²) in [5, 5.41) is 7.06. The predicted molar refractivity (Wildman–Crippen MR) is 67.1 cm³/mol. The zero-order chi connectivity index (χ0) is 10.9. The molecule has 0 heterocycles. The summed E-state index contributed by atoms with van der Waals surface area (Å²) in [5.74, 6) is 0.864. The first kappa shape index (κ1) is 12.7. The zero-order valence-electron chi connectivity index (χ0n) is 10.3. The largest absolute Gasteiger partial charge is 0.315 e. The van der Waals surface area contributed by atoms with Gasteiger partial charge in [-0.2, -0.15) is 0 Å². The fraction of sp³-hybridized carbons (Fsp3) is 0.846. The summed E-state index contributed by atoms with van der Waals surface area (Å²) in [6, 6.07) is 0.599. The van der Waals surface area contributed by atoms with Crippen LogP contribution in [0, 0.1) is 5.92 Å². The number of hydrogen-bond donors (Lipinski definition) is 2. The second-order valence-electron chi connectivity index (χ2n) is 4.66. The van der Waals surface area contributed by atoms with Crippen molar-refractivity contribution in [1.29, 1.82) is 0 Å². The van der Waals surface area contributed by atoms with E-state index in [0.717, 1.165) is 19.0 Å². The molecule has 0 aromatic rings. The van der Waals surface area contributed by atoms with E-state index in [-0.39, 0.29) is 0 Å². The molecule has 0 aromatic carbocycles. The molecule has 15 heavy (non-hydrogen) atoms. The molecule has 2 atom stereocenters. The maximum absolute atomic E-state index is 3.61. The SMILES string of the molecule is CCCNCC(C)NCC1CC=CCC1. The molecule has 0 radical (unpaired) electrons. The molecular weight excluding hydrogens is 184 g/mol. The van der Waals surface area contributed by atoms with E-state index in [0.29, 0.717) is 6.04 Å². The lowest BCUT2D eigenvalue weighted by Gasteiger charge is -2.21. The minimum Gasteiger partial charge on any atom is -0.315 e. The van der Waals surface area contributed by atoms with E-state index in [1.807, 2.05) is 0 Å². The Morgan fingerprint density at radius 1 is 1.40 bits per heavy atom. The molecule has 0 bridgehead atoms. The summed E-state index contributed by atoms with van der Waals surface area (Å²) in [7, 11) is 0. The molecule has 2 N–H and O–H groups in total. The summed E-state index contributed by atoms with van der Waals surface area (Å²) in [4.78, 5) is 0. The van der Waals surface area contributed by atoms with Gasteiger partial charge in [-0.1, -0.05) is 19.1 Å². The molecule has 0 spiro atoms. The molecule has 0 amide bonds. The molecule has 1 rings (SSSR count). The third-order valence-corrected chi connectivity index (χ3v) is 3.01. The Labute approximate surface area is 94.5 Å². The van der Waals surface area contributed by atoms with Crippen molar-refractivity contribution in [2.24, 2.45) is 5.92 Å². The van der Waals surface area contributed by atoms with E-state index >= 15 is 0 Å². The molecule has 0 saturated heterocycles. The third-order valence-electron chi connectivity index (χ3n) is 3.01. The monoisotopic (exact) mass is 210 g/mol. The Balaban J connectivity index is 2.00. The molecule has 0 aromatic heterocycles. The van der Waals surface area contributed by atoms with E-state index in [1.54, 1.807) is 0 Å². The molecule has 2 heteroatoms. The van der Waals surface area contributed by atoms with Crippen LogP contribution in [0.1, 0.15) is 39.5 Å². The second-order valence-corrected chi connectivity index (χ2v) is 4.66. The Hall–Kier alpha value is -0.340. The van der Waals surface area contributed by atoms with Gasteiger partial charge in [0.05, 0.1) is 0 Å². The van der Waals surface area contributed by atoms with Crippen LogP contribution in [-0.4, -0.2) is 25.7 Å². The lowest BCUT2D eigenvalue weighted by atomic mass is 9.94. The van der Waals surface area contributed by atoms with Crippen LogP contribution in [0.5, 0.6) is 0 Å². The number of rotatable bonds is 7. The first-order valence-corrected chi connectivity index (χ1v) is 6.42. The van der Waals surface area contributed by atoms with Crippen molar-refractivity contribution in [3.8, 4) is 0 Å². The van der Waals surface area contributed by atoms with Crippen molar-refractivity contribution in [2.45, 2.75) is 45.6 Å². The summed E-state index contributed by atoms with van der Waals surface area (Å²) in [6.07, 6.45) is 9.76. The lowest BCUT2D eigenvalue weighted by Crippen LogP contribution is -2.39. The van der Waals surface area contributed by atoms with Gasteiger partial charge in [0.2, 0.25) is 0 Å². The number of hydrogen-bond acceptors (Lipinski definition) is 2. The molecule has 2 nitrogen and oxygen atoms in total. The van der Waals surface area contributed by atoms with Crippen LogP contribution in [0.2, 0.25) is 0 Å². The average molecular weight is 210 g/mol. The second kappa shape index (κ2) is 7.89. The van der Waals surface area contributed by atoms with Gasteiger partial charge in [-0.05, 0) is 51.6 Å². The maximum Gasteiger partial charge on any atom is 0.0164 e. The van der Waals surface area contributed by atoms with E-state index in [1.165, 1.54) is 32.2 Å². The standard InChI is InChI=1S/C13H26N2/c1-3-9-14-10-12(2)15-11-13-7-5-4-6-8-13/h4-5,12-15H,3,6-11H2,1-2H3. The van der Waals surface area contributed by atoms with Crippen LogP contribution in [0.4, 0.5) is 0 Å². The number of nitrogens with one attached hydrogen (secondary N) is 2.